The van der Waals surface area contributed by atoms with Crippen LogP contribution in [-0.2, 0) is 0 Å². The summed E-state index contributed by atoms with van der Waals surface area (Å²) < 4.78 is 6.86. The summed E-state index contributed by atoms with van der Waals surface area (Å²) in [5.74, 6) is 0. The molecule has 0 bridgehead atoms. The minimum atomic E-state index is 0.586. The van der Waals surface area contributed by atoms with Gasteiger partial charge in [0.1, 0.15) is 6.07 Å². The minimum absolute atomic E-state index is 0.586. The van der Waals surface area contributed by atoms with Crippen molar-refractivity contribution in [1.29, 1.82) is 10.5 Å². The fraction of sp³-hybridized carbons (Fsp3) is 0. The average Bonchev–Trinajstić information content (AvgIpc) is 3.89. The van der Waals surface area contributed by atoms with Crippen LogP contribution in [0.1, 0.15) is 11.1 Å². The van der Waals surface area contributed by atoms with Crippen molar-refractivity contribution >= 4 is 65.4 Å². The maximum atomic E-state index is 10.8. The zero-order chi connectivity index (χ0) is 36.6. The number of benzene rings is 8. The van der Waals surface area contributed by atoms with E-state index < -0.39 is 0 Å². The van der Waals surface area contributed by atoms with Crippen molar-refractivity contribution in [1.82, 2.24) is 13.7 Å². The number of fused-ring (bicyclic) bond motifs is 9. The summed E-state index contributed by atoms with van der Waals surface area (Å²) in [4.78, 5) is 0. The molecule has 0 fully saturated rings. The summed E-state index contributed by atoms with van der Waals surface area (Å²) >= 11 is 0. The maximum Gasteiger partial charge on any atom is 0.101 e. The molecule has 0 amide bonds. The van der Waals surface area contributed by atoms with Gasteiger partial charge >= 0.3 is 0 Å². The zero-order valence-corrected chi connectivity index (χ0v) is 29.5. The van der Waals surface area contributed by atoms with Gasteiger partial charge in [0.05, 0.1) is 56.0 Å². The van der Waals surface area contributed by atoms with Crippen LogP contribution in [0, 0.1) is 22.7 Å². The van der Waals surface area contributed by atoms with Gasteiger partial charge in [-0.2, -0.15) is 10.5 Å². The molecule has 3 heterocycles. The fourth-order valence-electron chi connectivity index (χ4n) is 8.85. The third kappa shape index (κ3) is 4.39. The first-order chi connectivity index (χ1) is 27.2. The number of para-hydroxylation sites is 5. The molecule has 0 N–H and O–H groups in total. The topological polar surface area (TPSA) is 62.4 Å². The quantitative estimate of drug-likeness (QED) is 0.184. The minimum Gasteiger partial charge on any atom is -0.309 e. The van der Waals surface area contributed by atoms with Gasteiger partial charge in [0.15, 0.2) is 0 Å². The molecule has 0 saturated heterocycles. The highest BCUT2D eigenvalue weighted by Gasteiger charge is 2.22. The molecule has 55 heavy (non-hydrogen) atoms. The lowest BCUT2D eigenvalue weighted by Gasteiger charge is -2.17. The van der Waals surface area contributed by atoms with Crippen molar-refractivity contribution in [2.45, 2.75) is 0 Å². The molecule has 0 aliphatic carbocycles. The lowest BCUT2D eigenvalue weighted by Crippen LogP contribution is -2.02. The van der Waals surface area contributed by atoms with Crippen LogP contribution in [0.25, 0.3) is 93.6 Å². The molecule has 8 aromatic carbocycles. The highest BCUT2D eigenvalue weighted by atomic mass is 15.0. The van der Waals surface area contributed by atoms with Crippen LogP contribution in [0.2, 0.25) is 0 Å². The Kier molecular flexibility index (Phi) is 6.61. The number of hydrogen-bond donors (Lipinski definition) is 0. The maximum absolute atomic E-state index is 10.8. The Labute approximate surface area is 316 Å². The van der Waals surface area contributed by atoms with E-state index in [1.54, 1.807) is 0 Å². The van der Waals surface area contributed by atoms with E-state index in [0.717, 1.165) is 82.8 Å². The molecule has 0 unspecified atom stereocenters. The molecule has 11 rings (SSSR count). The molecule has 5 heteroatoms. The number of aromatic nitrogens is 3. The zero-order valence-electron chi connectivity index (χ0n) is 29.5. The normalized spacial score (nSPS) is 11.6. The van der Waals surface area contributed by atoms with Crippen LogP contribution in [0.5, 0.6) is 0 Å². The third-order valence-electron chi connectivity index (χ3n) is 11.1. The van der Waals surface area contributed by atoms with Crippen molar-refractivity contribution in [3.05, 3.63) is 187 Å². The Hall–Kier alpha value is -7.86. The van der Waals surface area contributed by atoms with Gasteiger partial charge in [-0.15, -0.1) is 0 Å². The summed E-state index contributed by atoms with van der Waals surface area (Å²) in [5, 5.41) is 27.5. The lowest BCUT2D eigenvalue weighted by atomic mass is 9.99. The number of nitriles is 2. The first-order valence-electron chi connectivity index (χ1n) is 18.3. The van der Waals surface area contributed by atoms with Crippen LogP contribution in [0.4, 0.5) is 0 Å². The van der Waals surface area contributed by atoms with Crippen molar-refractivity contribution in [2.24, 2.45) is 0 Å². The Morgan fingerprint density at radius 1 is 0.345 bits per heavy atom. The second-order valence-corrected chi connectivity index (χ2v) is 14.0. The van der Waals surface area contributed by atoms with Gasteiger partial charge in [-0.1, -0.05) is 109 Å². The summed E-state index contributed by atoms with van der Waals surface area (Å²) in [7, 11) is 0. The fourth-order valence-corrected chi connectivity index (χ4v) is 8.85. The average molecular weight is 700 g/mol. The molecular formula is C50H29N5. The molecule has 5 nitrogen and oxygen atoms in total. The molecule has 0 aliphatic rings. The molecule has 0 saturated carbocycles. The molecule has 0 radical (unpaired) electrons. The molecule has 254 valence electrons. The van der Waals surface area contributed by atoms with Crippen molar-refractivity contribution in [3.63, 3.8) is 0 Å². The Bertz CT molecular complexity index is 3420. The molecular weight excluding hydrogens is 671 g/mol. The van der Waals surface area contributed by atoms with Crippen LogP contribution in [0.15, 0.2) is 176 Å². The smallest absolute Gasteiger partial charge is 0.101 e. The van der Waals surface area contributed by atoms with E-state index >= 15 is 0 Å². The van der Waals surface area contributed by atoms with Crippen LogP contribution >= 0.6 is 0 Å². The Morgan fingerprint density at radius 2 is 0.836 bits per heavy atom. The van der Waals surface area contributed by atoms with Gasteiger partial charge < -0.3 is 13.7 Å². The standard InChI is InChI=1S/C50H29N5/c51-30-33-13-11-25-47-49(33)42-19-4-8-24-46(42)54(47)35-15-9-12-32(28-35)37-20-10-14-34(31-52)50(37)55-45-23-7-3-18-40(45)41-27-26-36(29-48(41)55)53-43-21-5-1-16-38(43)39-17-2-6-22-44(39)53/h1-29H. The van der Waals surface area contributed by atoms with Gasteiger partial charge in [-0.05, 0) is 72.3 Å². The lowest BCUT2D eigenvalue weighted by molar-refractivity contribution is 1.15. The molecule has 0 aliphatic heterocycles. The Balaban J connectivity index is 1.19. The summed E-state index contributed by atoms with van der Waals surface area (Å²) in [6.45, 7) is 0. The summed E-state index contributed by atoms with van der Waals surface area (Å²) in [5.41, 5.74) is 12.4. The van der Waals surface area contributed by atoms with Crippen molar-refractivity contribution in [3.8, 4) is 40.3 Å². The van der Waals surface area contributed by atoms with Gasteiger partial charge in [0, 0.05) is 49.3 Å². The molecule has 11 aromatic rings. The van der Waals surface area contributed by atoms with Crippen LogP contribution in [-0.4, -0.2) is 13.7 Å². The van der Waals surface area contributed by atoms with E-state index in [0.29, 0.717) is 11.1 Å². The first-order valence-corrected chi connectivity index (χ1v) is 18.3. The predicted octanol–water partition coefficient (Wildman–Crippen LogP) is 12.4. The molecule has 0 spiro atoms. The van der Waals surface area contributed by atoms with E-state index in [-0.39, 0.29) is 0 Å². The van der Waals surface area contributed by atoms with Crippen molar-refractivity contribution in [2.75, 3.05) is 0 Å². The highest BCUT2D eigenvalue weighted by molar-refractivity contribution is 6.13. The van der Waals surface area contributed by atoms with Crippen LogP contribution in [0.3, 0.4) is 0 Å². The van der Waals surface area contributed by atoms with Crippen molar-refractivity contribution < 1.29 is 0 Å². The van der Waals surface area contributed by atoms with E-state index in [4.69, 9.17) is 0 Å². The third-order valence-corrected chi connectivity index (χ3v) is 11.1. The van der Waals surface area contributed by atoms with Gasteiger partial charge in [-0.25, -0.2) is 0 Å². The first kappa shape index (κ1) is 30.7. The molecule has 3 aromatic heterocycles. The largest absolute Gasteiger partial charge is 0.309 e. The van der Waals surface area contributed by atoms with Gasteiger partial charge in [-0.3, -0.25) is 0 Å². The van der Waals surface area contributed by atoms with E-state index in [9.17, 15) is 10.5 Å². The second-order valence-electron chi connectivity index (χ2n) is 14.0. The Morgan fingerprint density at radius 3 is 1.51 bits per heavy atom. The molecule has 0 atom stereocenters. The second kappa shape index (κ2) is 11.8. The summed E-state index contributed by atoms with van der Waals surface area (Å²) in [6, 6.07) is 65.9. The van der Waals surface area contributed by atoms with Crippen LogP contribution < -0.4 is 0 Å². The van der Waals surface area contributed by atoms with E-state index in [1.165, 1.54) is 10.8 Å². The van der Waals surface area contributed by atoms with E-state index in [1.807, 2.05) is 36.4 Å². The highest BCUT2D eigenvalue weighted by Crippen LogP contribution is 2.41. The SMILES string of the molecule is N#Cc1cccc(-c2cccc(-n3c4ccccc4c4c(C#N)cccc43)c2)c1-n1c2ccccc2c2ccc(-n3c4ccccc4c4ccccc43)cc21. The van der Waals surface area contributed by atoms with Gasteiger partial charge in [0.2, 0.25) is 0 Å². The number of nitrogens with zero attached hydrogens (tertiary/aromatic N) is 5. The number of rotatable bonds is 4. The van der Waals surface area contributed by atoms with E-state index in [2.05, 4.69) is 165 Å². The summed E-state index contributed by atoms with van der Waals surface area (Å²) in [6.07, 6.45) is 0. The number of hydrogen-bond acceptors (Lipinski definition) is 2. The predicted molar refractivity (Wildman–Crippen MR) is 224 cm³/mol. The monoisotopic (exact) mass is 699 g/mol. The van der Waals surface area contributed by atoms with Gasteiger partial charge in [0.25, 0.3) is 0 Å².